The standard InChI is InChI=1S/C20H18ClN5OS2/c1-27-11-10-26-18(14-6-8-22-9-7-14)24-25-20(26)29-13-17-12-28-19(23-17)15-2-4-16(21)5-3-15/h2-9,12H,10-11,13H2,1H3. The zero-order chi connectivity index (χ0) is 20.1. The van der Waals surface area contributed by atoms with Crippen molar-refractivity contribution in [3.8, 4) is 22.0 Å². The highest BCUT2D eigenvalue weighted by Gasteiger charge is 2.15. The topological polar surface area (TPSA) is 65.7 Å². The van der Waals surface area contributed by atoms with Gasteiger partial charge >= 0.3 is 0 Å². The average Bonchev–Trinajstić information content (AvgIpc) is 3.39. The van der Waals surface area contributed by atoms with Crippen molar-refractivity contribution >= 4 is 34.7 Å². The highest BCUT2D eigenvalue weighted by atomic mass is 35.5. The third kappa shape index (κ3) is 4.84. The Kier molecular flexibility index (Phi) is 6.56. The molecular weight excluding hydrogens is 426 g/mol. The molecule has 9 heteroatoms. The molecular formula is C20H18ClN5OS2. The van der Waals surface area contributed by atoms with Gasteiger partial charge in [0.15, 0.2) is 11.0 Å². The van der Waals surface area contributed by atoms with Crippen LogP contribution in [0.2, 0.25) is 5.02 Å². The molecule has 0 aliphatic heterocycles. The number of nitrogens with zero attached hydrogens (tertiary/aromatic N) is 5. The van der Waals surface area contributed by atoms with Crippen LogP contribution in [0.4, 0.5) is 0 Å². The Morgan fingerprint density at radius 3 is 2.62 bits per heavy atom. The maximum atomic E-state index is 5.97. The van der Waals surface area contributed by atoms with Crippen LogP contribution in [0, 0.1) is 0 Å². The van der Waals surface area contributed by atoms with Gasteiger partial charge in [0, 0.05) is 46.8 Å². The first-order chi connectivity index (χ1) is 14.2. The van der Waals surface area contributed by atoms with Gasteiger partial charge in [-0.25, -0.2) is 4.98 Å². The Labute approximate surface area is 182 Å². The van der Waals surface area contributed by atoms with Gasteiger partial charge in [-0.3, -0.25) is 9.55 Å². The van der Waals surface area contributed by atoms with E-state index >= 15 is 0 Å². The zero-order valence-electron chi connectivity index (χ0n) is 15.7. The minimum atomic E-state index is 0.584. The first-order valence-electron chi connectivity index (χ1n) is 8.90. The Hall–Kier alpha value is -2.26. The lowest BCUT2D eigenvalue weighted by molar-refractivity contribution is 0.185. The van der Waals surface area contributed by atoms with Crippen molar-refractivity contribution in [3.05, 3.63) is 64.9 Å². The number of thiazole rings is 1. The molecule has 0 bridgehead atoms. The SMILES string of the molecule is COCCn1c(SCc2csc(-c3ccc(Cl)cc3)n2)nnc1-c1ccncc1. The first-order valence-corrected chi connectivity index (χ1v) is 11.1. The summed E-state index contributed by atoms with van der Waals surface area (Å²) < 4.78 is 7.35. The zero-order valence-corrected chi connectivity index (χ0v) is 18.0. The minimum Gasteiger partial charge on any atom is -0.383 e. The number of benzene rings is 1. The van der Waals surface area contributed by atoms with Crippen LogP contribution in [0.25, 0.3) is 22.0 Å². The second-order valence-electron chi connectivity index (χ2n) is 6.13. The monoisotopic (exact) mass is 443 g/mol. The minimum absolute atomic E-state index is 0.584. The molecule has 0 radical (unpaired) electrons. The fourth-order valence-electron chi connectivity index (χ4n) is 2.73. The van der Waals surface area contributed by atoms with Crippen molar-refractivity contribution in [2.45, 2.75) is 17.5 Å². The molecule has 4 rings (SSSR count). The first kappa shape index (κ1) is 20.0. The van der Waals surface area contributed by atoms with E-state index in [1.54, 1.807) is 42.6 Å². The fourth-order valence-corrected chi connectivity index (χ4v) is 4.65. The lowest BCUT2D eigenvalue weighted by atomic mass is 10.2. The van der Waals surface area contributed by atoms with Crippen molar-refractivity contribution < 1.29 is 4.74 Å². The van der Waals surface area contributed by atoms with E-state index in [2.05, 4.69) is 25.1 Å². The lowest BCUT2D eigenvalue weighted by Gasteiger charge is -2.09. The molecule has 0 unspecified atom stereocenters. The number of methoxy groups -OCH3 is 1. The Balaban J connectivity index is 1.51. The molecule has 0 saturated carbocycles. The highest BCUT2D eigenvalue weighted by Crippen LogP contribution is 2.29. The summed E-state index contributed by atoms with van der Waals surface area (Å²) in [5.41, 5.74) is 3.06. The van der Waals surface area contributed by atoms with E-state index in [1.165, 1.54) is 0 Å². The van der Waals surface area contributed by atoms with Crippen LogP contribution < -0.4 is 0 Å². The van der Waals surface area contributed by atoms with Gasteiger partial charge in [0.1, 0.15) is 5.01 Å². The molecule has 0 amide bonds. The molecule has 1 aromatic carbocycles. The average molecular weight is 444 g/mol. The van der Waals surface area contributed by atoms with E-state index in [1.807, 2.05) is 36.4 Å². The van der Waals surface area contributed by atoms with Crippen molar-refractivity contribution in [2.75, 3.05) is 13.7 Å². The molecule has 148 valence electrons. The summed E-state index contributed by atoms with van der Waals surface area (Å²) in [7, 11) is 1.69. The van der Waals surface area contributed by atoms with Crippen LogP contribution in [-0.2, 0) is 17.0 Å². The molecule has 6 nitrogen and oxygen atoms in total. The van der Waals surface area contributed by atoms with E-state index in [4.69, 9.17) is 21.3 Å². The summed E-state index contributed by atoms with van der Waals surface area (Å²) in [6.45, 7) is 1.26. The van der Waals surface area contributed by atoms with Gasteiger partial charge < -0.3 is 4.74 Å². The second-order valence-corrected chi connectivity index (χ2v) is 8.36. The number of hydrogen-bond acceptors (Lipinski definition) is 7. The largest absolute Gasteiger partial charge is 0.383 e. The maximum absolute atomic E-state index is 5.97. The summed E-state index contributed by atoms with van der Waals surface area (Å²) in [6, 6.07) is 11.6. The van der Waals surface area contributed by atoms with Gasteiger partial charge in [-0.2, -0.15) is 0 Å². The van der Waals surface area contributed by atoms with Crippen molar-refractivity contribution in [2.24, 2.45) is 0 Å². The van der Waals surface area contributed by atoms with E-state index < -0.39 is 0 Å². The molecule has 0 spiro atoms. The number of rotatable bonds is 8. The quantitative estimate of drug-likeness (QED) is 0.355. The molecule has 3 aromatic heterocycles. The van der Waals surface area contributed by atoms with Gasteiger partial charge in [-0.1, -0.05) is 35.5 Å². The number of aromatic nitrogens is 5. The molecule has 0 fully saturated rings. The Morgan fingerprint density at radius 1 is 1.07 bits per heavy atom. The molecule has 3 heterocycles. The molecule has 0 N–H and O–H groups in total. The molecule has 0 saturated heterocycles. The fraction of sp³-hybridized carbons (Fsp3) is 0.200. The predicted octanol–water partition coefficient (Wildman–Crippen LogP) is 5.06. The summed E-state index contributed by atoms with van der Waals surface area (Å²) in [5, 5.41) is 13.4. The molecule has 29 heavy (non-hydrogen) atoms. The Morgan fingerprint density at radius 2 is 1.86 bits per heavy atom. The van der Waals surface area contributed by atoms with Crippen molar-refractivity contribution in [1.29, 1.82) is 0 Å². The van der Waals surface area contributed by atoms with Crippen LogP contribution in [0.3, 0.4) is 0 Å². The molecule has 0 aliphatic rings. The summed E-state index contributed by atoms with van der Waals surface area (Å²) in [6.07, 6.45) is 3.51. The number of ether oxygens (including phenoxy) is 1. The van der Waals surface area contributed by atoms with E-state index in [9.17, 15) is 0 Å². The molecule has 4 aromatic rings. The summed E-state index contributed by atoms with van der Waals surface area (Å²) in [5.74, 6) is 1.53. The van der Waals surface area contributed by atoms with Crippen LogP contribution in [-0.4, -0.2) is 38.4 Å². The summed E-state index contributed by atoms with van der Waals surface area (Å²) >= 11 is 9.22. The van der Waals surface area contributed by atoms with Gasteiger partial charge in [-0.15, -0.1) is 21.5 Å². The van der Waals surface area contributed by atoms with Crippen LogP contribution in [0.1, 0.15) is 5.69 Å². The second kappa shape index (κ2) is 9.49. The van der Waals surface area contributed by atoms with Gasteiger partial charge in [0.05, 0.1) is 18.8 Å². The third-order valence-corrected chi connectivity index (χ3v) is 6.36. The van der Waals surface area contributed by atoms with Gasteiger partial charge in [0.25, 0.3) is 0 Å². The van der Waals surface area contributed by atoms with E-state index in [0.29, 0.717) is 18.9 Å². The number of thioether (sulfide) groups is 1. The van der Waals surface area contributed by atoms with Gasteiger partial charge in [-0.05, 0) is 24.3 Å². The van der Waals surface area contributed by atoms with E-state index in [-0.39, 0.29) is 0 Å². The van der Waals surface area contributed by atoms with Crippen molar-refractivity contribution in [3.63, 3.8) is 0 Å². The van der Waals surface area contributed by atoms with E-state index in [0.717, 1.165) is 37.8 Å². The number of hydrogen-bond donors (Lipinski definition) is 0. The maximum Gasteiger partial charge on any atom is 0.191 e. The van der Waals surface area contributed by atoms with Crippen molar-refractivity contribution in [1.82, 2.24) is 24.7 Å². The van der Waals surface area contributed by atoms with Gasteiger partial charge in [0.2, 0.25) is 0 Å². The number of halogens is 1. The summed E-state index contributed by atoms with van der Waals surface area (Å²) in [4.78, 5) is 8.82. The number of pyridine rings is 1. The van der Waals surface area contributed by atoms with Crippen LogP contribution in [0.5, 0.6) is 0 Å². The smallest absolute Gasteiger partial charge is 0.191 e. The van der Waals surface area contributed by atoms with Crippen LogP contribution >= 0.6 is 34.7 Å². The lowest BCUT2D eigenvalue weighted by Crippen LogP contribution is -2.07. The highest BCUT2D eigenvalue weighted by molar-refractivity contribution is 7.98. The molecule has 0 aliphatic carbocycles. The molecule has 0 atom stereocenters. The Bertz CT molecular complexity index is 1070. The van der Waals surface area contributed by atoms with Crippen LogP contribution in [0.15, 0.2) is 59.3 Å². The predicted molar refractivity (Wildman–Crippen MR) is 117 cm³/mol. The normalized spacial score (nSPS) is 11.1. The third-order valence-electron chi connectivity index (χ3n) is 4.17.